The number of primary amides is 1. The van der Waals surface area contributed by atoms with Crippen LogP contribution < -0.4 is 20.5 Å². The molecule has 1 aromatic rings. The van der Waals surface area contributed by atoms with E-state index in [9.17, 15) is 9.59 Å². The molecule has 6 heteroatoms. The smallest absolute Gasteiger partial charge is 0.244 e. The lowest BCUT2D eigenvalue weighted by atomic mass is 10.2. The van der Waals surface area contributed by atoms with Gasteiger partial charge in [-0.1, -0.05) is 19.9 Å². The SMILES string of the molecule is COc1cc(/C=C/C(=O)NC(C)C(N)=O)ccc1OCC(C)C. The molecule has 23 heavy (non-hydrogen) atoms. The van der Waals surface area contributed by atoms with E-state index in [1.165, 1.54) is 13.0 Å². The maximum Gasteiger partial charge on any atom is 0.244 e. The number of ether oxygens (including phenoxy) is 2. The Morgan fingerprint density at radius 1 is 1.26 bits per heavy atom. The molecule has 1 unspecified atom stereocenters. The number of nitrogens with two attached hydrogens (primary N) is 1. The molecule has 0 aliphatic rings. The largest absolute Gasteiger partial charge is 0.493 e. The fourth-order valence-electron chi connectivity index (χ4n) is 1.67. The fourth-order valence-corrected chi connectivity index (χ4v) is 1.67. The van der Waals surface area contributed by atoms with Gasteiger partial charge in [0.25, 0.3) is 0 Å². The van der Waals surface area contributed by atoms with Gasteiger partial charge in [-0.05, 0) is 36.6 Å². The van der Waals surface area contributed by atoms with Crippen LogP contribution >= 0.6 is 0 Å². The molecule has 0 spiro atoms. The Labute approximate surface area is 136 Å². The number of carbonyl (C=O) groups is 2. The molecular formula is C17H24N2O4. The maximum atomic E-state index is 11.7. The second kappa shape index (κ2) is 8.82. The van der Waals surface area contributed by atoms with Crippen LogP contribution in [0.25, 0.3) is 6.08 Å². The van der Waals surface area contributed by atoms with Crippen molar-refractivity contribution < 1.29 is 19.1 Å². The number of methoxy groups -OCH3 is 1. The highest BCUT2D eigenvalue weighted by molar-refractivity contribution is 5.95. The van der Waals surface area contributed by atoms with Crippen molar-refractivity contribution in [1.29, 1.82) is 0 Å². The summed E-state index contributed by atoms with van der Waals surface area (Å²) in [4.78, 5) is 22.6. The number of amides is 2. The minimum absolute atomic E-state index is 0.393. The van der Waals surface area contributed by atoms with Gasteiger partial charge in [-0.25, -0.2) is 0 Å². The summed E-state index contributed by atoms with van der Waals surface area (Å²) in [6.45, 7) is 6.25. The first-order valence-electron chi connectivity index (χ1n) is 7.42. The molecule has 0 bridgehead atoms. The normalized spacial score (nSPS) is 12.2. The summed E-state index contributed by atoms with van der Waals surface area (Å²) in [5, 5.41) is 2.47. The molecule has 6 nitrogen and oxygen atoms in total. The number of nitrogens with one attached hydrogen (secondary N) is 1. The first-order valence-corrected chi connectivity index (χ1v) is 7.42. The van der Waals surface area contributed by atoms with E-state index in [0.717, 1.165) is 5.56 Å². The van der Waals surface area contributed by atoms with Gasteiger partial charge >= 0.3 is 0 Å². The molecule has 0 heterocycles. The third-order valence-corrected chi connectivity index (χ3v) is 2.97. The molecule has 0 aromatic heterocycles. The lowest BCUT2D eigenvalue weighted by Crippen LogP contribution is -2.41. The van der Waals surface area contributed by atoms with Crippen LogP contribution in [0.2, 0.25) is 0 Å². The molecule has 0 aliphatic heterocycles. The minimum Gasteiger partial charge on any atom is -0.493 e. The van der Waals surface area contributed by atoms with E-state index in [1.807, 2.05) is 6.07 Å². The highest BCUT2D eigenvalue weighted by Crippen LogP contribution is 2.28. The maximum absolute atomic E-state index is 11.7. The van der Waals surface area contributed by atoms with Gasteiger partial charge in [0.1, 0.15) is 6.04 Å². The molecule has 1 rings (SSSR count). The lowest BCUT2D eigenvalue weighted by Gasteiger charge is -2.12. The van der Waals surface area contributed by atoms with Crippen molar-refractivity contribution in [1.82, 2.24) is 5.32 Å². The zero-order chi connectivity index (χ0) is 17.4. The van der Waals surface area contributed by atoms with Gasteiger partial charge in [0, 0.05) is 6.08 Å². The van der Waals surface area contributed by atoms with Crippen LogP contribution in [0.3, 0.4) is 0 Å². The van der Waals surface area contributed by atoms with Crippen LogP contribution in [0, 0.1) is 5.92 Å². The van der Waals surface area contributed by atoms with Crippen molar-refractivity contribution in [3.05, 3.63) is 29.8 Å². The highest BCUT2D eigenvalue weighted by Gasteiger charge is 2.10. The van der Waals surface area contributed by atoms with Gasteiger partial charge in [0.15, 0.2) is 11.5 Å². The Balaban J connectivity index is 2.75. The molecule has 0 radical (unpaired) electrons. The summed E-state index contributed by atoms with van der Waals surface area (Å²) >= 11 is 0. The Morgan fingerprint density at radius 3 is 2.52 bits per heavy atom. The summed E-state index contributed by atoms with van der Waals surface area (Å²) in [6, 6.07) is 4.68. The van der Waals surface area contributed by atoms with Gasteiger partial charge < -0.3 is 20.5 Å². The minimum atomic E-state index is -0.714. The third-order valence-electron chi connectivity index (χ3n) is 2.97. The van der Waals surface area contributed by atoms with Gasteiger partial charge in [0.2, 0.25) is 11.8 Å². The molecule has 0 saturated heterocycles. The Kier molecular flexibility index (Phi) is 7.12. The molecule has 0 aliphatic carbocycles. The lowest BCUT2D eigenvalue weighted by molar-refractivity contribution is -0.124. The molecule has 1 aromatic carbocycles. The summed E-state index contributed by atoms with van der Waals surface area (Å²) in [5.74, 6) is 0.689. The van der Waals surface area contributed by atoms with E-state index >= 15 is 0 Å². The summed E-state index contributed by atoms with van der Waals surface area (Å²) < 4.78 is 11.0. The molecule has 1 atom stereocenters. The predicted molar refractivity (Wildman–Crippen MR) is 89.2 cm³/mol. The topological polar surface area (TPSA) is 90.6 Å². The average Bonchev–Trinajstić information content (AvgIpc) is 2.50. The molecule has 0 fully saturated rings. The Hall–Kier alpha value is -2.50. The van der Waals surface area contributed by atoms with Crippen molar-refractivity contribution in [3.8, 4) is 11.5 Å². The van der Waals surface area contributed by atoms with Crippen LogP contribution in [0.4, 0.5) is 0 Å². The second-order valence-electron chi connectivity index (χ2n) is 5.58. The molecule has 126 valence electrons. The van der Waals surface area contributed by atoms with E-state index < -0.39 is 17.9 Å². The van der Waals surface area contributed by atoms with Gasteiger partial charge in [-0.15, -0.1) is 0 Å². The van der Waals surface area contributed by atoms with Gasteiger partial charge in [-0.2, -0.15) is 0 Å². The highest BCUT2D eigenvalue weighted by atomic mass is 16.5. The number of benzene rings is 1. The molecule has 2 amide bonds. The van der Waals surface area contributed by atoms with Crippen molar-refractivity contribution in [2.45, 2.75) is 26.8 Å². The summed E-state index contributed by atoms with van der Waals surface area (Å²) in [6.07, 6.45) is 2.96. The van der Waals surface area contributed by atoms with E-state index in [-0.39, 0.29) is 0 Å². The molecule has 3 N–H and O–H groups in total. The monoisotopic (exact) mass is 320 g/mol. The number of rotatable bonds is 8. The van der Waals surface area contributed by atoms with E-state index in [4.69, 9.17) is 15.2 Å². The number of hydrogen-bond acceptors (Lipinski definition) is 4. The van der Waals surface area contributed by atoms with Gasteiger partial charge in [-0.3, -0.25) is 9.59 Å². The van der Waals surface area contributed by atoms with Crippen molar-refractivity contribution in [2.24, 2.45) is 11.7 Å². The fraction of sp³-hybridized carbons (Fsp3) is 0.412. The zero-order valence-corrected chi connectivity index (χ0v) is 14.0. The standard InChI is InChI=1S/C17H24N2O4/c1-11(2)10-23-14-7-5-13(9-15(14)22-4)6-8-16(20)19-12(3)17(18)21/h5-9,11-12H,10H2,1-4H3,(H2,18,21)(H,19,20)/b8-6+. The van der Waals surface area contributed by atoms with Crippen molar-refractivity contribution in [3.63, 3.8) is 0 Å². The van der Waals surface area contributed by atoms with Crippen LogP contribution in [0.15, 0.2) is 24.3 Å². The Morgan fingerprint density at radius 2 is 1.96 bits per heavy atom. The second-order valence-corrected chi connectivity index (χ2v) is 5.58. The van der Waals surface area contributed by atoms with Gasteiger partial charge in [0.05, 0.1) is 13.7 Å². The zero-order valence-electron chi connectivity index (χ0n) is 14.0. The number of carbonyl (C=O) groups excluding carboxylic acids is 2. The summed E-state index contributed by atoms with van der Waals surface area (Å²) in [5.41, 5.74) is 5.87. The quantitative estimate of drug-likeness (QED) is 0.714. The third kappa shape index (κ3) is 6.42. The molecule has 0 saturated carbocycles. The first kappa shape index (κ1) is 18.5. The van der Waals surface area contributed by atoms with Crippen LogP contribution in [-0.2, 0) is 9.59 Å². The first-order chi connectivity index (χ1) is 10.8. The molecular weight excluding hydrogens is 296 g/mol. The predicted octanol–water partition coefficient (Wildman–Crippen LogP) is 1.73. The van der Waals surface area contributed by atoms with Crippen LogP contribution in [-0.4, -0.2) is 31.6 Å². The number of hydrogen-bond donors (Lipinski definition) is 2. The van der Waals surface area contributed by atoms with E-state index in [0.29, 0.717) is 24.0 Å². The van der Waals surface area contributed by atoms with E-state index in [2.05, 4.69) is 19.2 Å². The van der Waals surface area contributed by atoms with E-state index in [1.54, 1.807) is 25.3 Å². The van der Waals surface area contributed by atoms with Crippen molar-refractivity contribution >= 4 is 17.9 Å². The van der Waals surface area contributed by atoms with Crippen LogP contribution in [0.1, 0.15) is 26.3 Å². The average molecular weight is 320 g/mol. The summed E-state index contributed by atoms with van der Waals surface area (Å²) in [7, 11) is 1.56. The van der Waals surface area contributed by atoms with Crippen LogP contribution in [0.5, 0.6) is 11.5 Å². The Bertz CT molecular complexity index is 582. The van der Waals surface area contributed by atoms with Crippen molar-refractivity contribution in [2.75, 3.05) is 13.7 Å².